The maximum atomic E-state index is 5.66. The van der Waals surface area contributed by atoms with Crippen LogP contribution in [0.3, 0.4) is 0 Å². The molecule has 1 aromatic carbocycles. The molecule has 0 fully saturated rings. The molecule has 2 heterocycles. The fourth-order valence-electron chi connectivity index (χ4n) is 1.78. The number of thioether (sulfide) groups is 1. The number of rotatable bonds is 5. The summed E-state index contributed by atoms with van der Waals surface area (Å²) in [4.78, 5) is 4.00. The molecule has 106 valence electrons. The molecule has 0 saturated carbocycles. The molecule has 0 aliphatic rings. The Hall–Kier alpha value is -1.66. The van der Waals surface area contributed by atoms with Gasteiger partial charge in [-0.05, 0) is 48.4 Å². The standard InChI is InChI=1S/C15H12BrN3OS/c16-13-3-1-12(2-4-13)14-18-19-15(20-14)21-10-7-11-5-8-17-9-6-11/h1-6,8-9H,7,10H2. The molecule has 0 unspecified atom stereocenters. The first-order chi connectivity index (χ1) is 10.3. The molecule has 3 aromatic rings. The second-order valence-electron chi connectivity index (χ2n) is 4.33. The third kappa shape index (κ3) is 3.92. The zero-order valence-corrected chi connectivity index (χ0v) is 13.5. The summed E-state index contributed by atoms with van der Waals surface area (Å²) in [5.41, 5.74) is 2.18. The molecule has 0 radical (unpaired) electrons. The van der Waals surface area contributed by atoms with Crippen LogP contribution < -0.4 is 0 Å². The van der Waals surface area contributed by atoms with Gasteiger partial charge in [-0.15, -0.1) is 10.2 Å². The van der Waals surface area contributed by atoms with Crippen LogP contribution in [0.1, 0.15) is 5.56 Å². The van der Waals surface area contributed by atoms with Gasteiger partial charge in [0.15, 0.2) is 0 Å². The minimum absolute atomic E-state index is 0.550. The predicted octanol–water partition coefficient (Wildman–Crippen LogP) is 4.23. The first-order valence-electron chi connectivity index (χ1n) is 6.42. The third-order valence-electron chi connectivity index (χ3n) is 2.86. The highest BCUT2D eigenvalue weighted by molar-refractivity contribution is 9.10. The van der Waals surface area contributed by atoms with Crippen LogP contribution >= 0.6 is 27.7 Å². The second-order valence-corrected chi connectivity index (χ2v) is 6.30. The lowest BCUT2D eigenvalue weighted by Crippen LogP contribution is -1.88. The lowest BCUT2D eigenvalue weighted by atomic mass is 10.2. The number of benzene rings is 1. The van der Waals surface area contributed by atoms with Crippen LogP contribution in [0.5, 0.6) is 0 Å². The van der Waals surface area contributed by atoms with Crippen molar-refractivity contribution < 1.29 is 4.42 Å². The van der Waals surface area contributed by atoms with Crippen molar-refractivity contribution in [2.75, 3.05) is 5.75 Å². The van der Waals surface area contributed by atoms with Crippen molar-refractivity contribution in [2.45, 2.75) is 11.6 Å². The minimum atomic E-state index is 0.550. The van der Waals surface area contributed by atoms with Gasteiger partial charge in [0.1, 0.15) is 0 Å². The van der Waals surface area contributed by atoms with Gasteiger partial charge in [0.25, 0.3) is 5.22 Å². The maximum absolute atomic E-state index is 5.66. The largest absolute Gasteiger partial charge is 0.411 e. The van der Waals surface area contributed by atoms with Gasteiger partial charge in [-0.1, -0.05) is 27.7 Å². The molecule has 2 aromatic heterocycles. The Morgan fingerprint density at radius 1 is 1.00 bits per heavy atom. The smallest absolute Gasteiger partial charge is 0.276 e. The van der Waals surface area contributed by atoms with Crippen LogP contribution in [0, 0.1) is 0 Å². The number of nitrogens with zero attached hydrogens (tertiary/aromatic N) is 3. The van der Waals surface area contributed by atoms with Crippen LogP contribution in [0.4, 0.5) is 0 Å². The summed E-state index contributed by atoms with van der Waals surface area (Å²) in [6, 6.07) is 11.8. The number of aryl methyl sites for hydroxylation is 1. The lowest BCUT2D eigenvalue weighted by molar-refractivity contribution is 0.466. The molecule has 0 bridgehead atoms. The molecule has 0 atom stereocenters. The predicted molar refractivity (Wildman–Crippen MR) is 86.1 cm³/mol. The fourth-order valence-corrected chi connectivity index (χ4v) is 2.80. The van der Waals surface area contributed by atoms with Gasteiger partial charge >= 0.3 is 0 Å². The van der Waals surface area contributed by atoms with E-state index in [1.807, 2.05) is 36.4 Å². The highest BCUT2D eigenvalue weighted by Crippen LogP contribution is 2.24. The zero-order valence-electron chi connectivity index (χ0n) is 11.1. The molecule has 0 aliphatic heterocycles. The van der Waals surface area contributed by atoms with Gasteiger partial charge in [-0.3, -0.25) is 4.98 Å². The van der Waals surface area contributed by atoms with Crippen molar-refractivity contribution in [3.63, 3.8) is 0 Å². The Morgan fingerprint density at radius 2 is 1.76 bits per heavy atom. The average Bonchev–Trinajstić information content (AvgIpc) is 2.98. The van der Waals surface area contributed by atoms with E-state index in [-0.39, 0.29) is 0 Å². The summed E-state index contributed by atoms with van der Waals surface area (Å²) in [5, 5.41) is 8.75. The Balaban J connectivity index is 1.59. The van der Waals surface area contributed by atoms with Crippen molar-refractivity contribution in [1.82, 2.24) is 15.2 Å². The van der Waals surface area contributed by atoms with Gasteiger partial charge in [0, 0.05) is 28.2 Å². The monoisotopic (exact) mass is 361 g/mol. The number of hydrogen-bond donors (Lipinski definition) is 0. The summed E-state index contributed by atoms with van der Waals surface area (Å²) in [6.45, 7) is 0. The number of pyridine rings is 1. The maximum Gasteiger partial charge on any atom is 0.276 e. The zero-order chi connectivity index (χ0) is 14.5. The first kappa shape index (κ1) is 14.3. The fraction of sp³-hybridized carbons (Fsp3) is 0.133. The number of halogens is 1. The SMILES string of the molecule is Brc1ccc(-c2nnc(SCCc3ccncc3)o2)cc1. The van der Waals surface area contributed by atoms with Crippen LogP contribution in [0.15, 0.2) is 62.9 Å². The highest BCUT2D eigenvalue weighted by atomic mass is 79.9. The Bertz CT molecular complexity index is 700. The van der Waals surface area contributed by atoms with Gasteiger partial charge < -0.3 is 4.42 Å². The number of hydrogen-bond acceptors (Lipinski definition) is 5. The van der Waals surface area contributed by atoms with E-state index >= 15 is 0 Å². The third-order valence-corrected chi connectivity index (χ3v) is 4.21. The topological polar surface area (TPSA) is 51.8 Å². The lowest BCUT2D eigenvalue weighted by Gasteiger charge is -1.98. The summed E-state index contributed by atoms with van der Waals surface area (Å²) in [7, 11) is 0. The van der Waals surface area contributed by atoms with Crippen molar-refractivity contribution >= 4 is 27.7 Å². The van der Waals surface area contributed by atoms with E-state index in [2.05, 4.69) is 31.1 Å². The molecule has 0 spiro atoms. The van der Waals surface area contributed by atoms with E-state index in [0.717, 1.165) is 22.2 Å². The Morgan fingerprint density at radius 3 is 2.52 bits per heavy atom. The van der Waals surface area contributed by atoms with Crippen molar-refractivity contribution in [1.29, 1.82) is 0 Å². The van der Waals surface area contributed by atoms with Crippen LogP contribution in [-0.4, -0.2) is 20.9 Å². The molecule has 6 heteroatoms. The van der Waals surface area contributed by atoms with E-state index in [9.17, 15) is 0 Å². The molecule has 0 N–H and O–H groups in total. The summed E-state index contributed by atoms with van der Waals surface area (Å²) >= 11 is 4.97. The van der Waals surface area contributed by atoms with E-state index in [0.29, 0.717) is 11.1 Å². The van der Waals surface area contributed by atoms with Crippen LogP contribution in [0.2, 0.25) is 0 Å². The van der Waals surface area contributed by atoms with Gasteiger partial charge in [-0.25, -0.2) is 0 Å². The highest BCUT2D eigenvalue weighted by Gasteiger charge is 2.08. The van der Waals surface area contributed by atoms with Gasteiger partial charge in [-0.2, -0.15) is 0 Å². The molecule has 0 aliphatic carbocycles. The van der Waals surface area contributed by atoms with Gasteiger partial charge in [0.05, 0.1) is 0 Å². The Labute approximate surface area is 135 Å². The molecule has 3 rings (SSSR count). The van der Waals surface area contributed by atoms with Crippen LogP contribution in [-0.2, 0) is 6.42 Å². The Kier molecular flexibility index (Phi) is 4.67. The van der Waals surface area contributed by atoms with E-state index in [1.54, 1.807) is 24.2 Å². The molecule has 0 saturated heterocycles. The minimum Gasteiger partial charge on any atom is -0.411 e. The molecular weight excluding hydrogens is 350 g/mol. The van der Waals surface area contributed by atoms with E-state index in [1.165, 1.54) is 5.56 Å². The molecule has 21 heavy (non-hydrogen) atoms. The van der Waals surface area contributed by atoms with Crippen LogP contribution in [0.25, 0.3) is 11.5 Å². The molecular formula is C15H12BrN3OS. The van der Waals surface area contributed by atoms with Crippen molar-refractivity contribution in [3.8, 4) is 11.5 Å². The summed E-state index contributed by atoms with van der Waals surface area (Å²) < 4.78 is 6.69. The number of aromatic nitrogens is 3. The second kappa shape index (κ2) is 6.87. The van der Waals surface area contributed by atoms with E-state index < -0.39 is 0 Å². The van der Waals surface area contributed by atoms with Crippen molar-refractivity contribution in [3.05, 3.63) is 58.8 Å². The van der Waals surface area contributed by atoms with Crippen molar-refractivity contribution in [2.24, 2.45) is 0 Å². The molecule has 0 amide bonds. The molecule has 4 nitrogen and oxygen atoms in total. The summed E-state index contributed by atoms with van der Waals surface area (Å²) in [6.07, 6.45) is 4.56. The quantitative estimate of drug-likeness (QED) is 0.636. The van der Waals surface area contributed by atoms with E-state index in [4.69, 9.17) is 4.42 Å². The summed E-state index contributed by atoms with van der Waals surface area (Å²) in [5.74, 6) is 1.44. The first-order valence-corrected chi connectivity index (χ1v) is 8.20. The average molecular weight is 362 g/mol. The normalized spacial score (nSPS) is 10.7. The van der Waals surface area contributed by atoms with Gasteiger partial charge in [0.2, 0.25) is 5.89 Å².